The number of ether oxygens (including phenoxy) is 1. The fourth-order valence-corrected chi connectivity index (χ4v) is 2.83. The summed E-state index contributed by atoms with van der Waals surface area (Å²) in [5.41, 5.74) is 0.0914. The lowest BCUT2D eigenvalue weighted by Gasteiger charge is -2.14. The molecular weight excluding hydrogens is 409 g/mol. The maximum Gasteiger partial charge on any atom is 0.416 e. The Balaban J connectivity index is 1.56. The van der Waals surface area contributed by atoms with Gasteiger partial charge in [0.05, 0.1) is 16.6 Å². The van der Waals surface area contributed by atoms with Crippen molar-refractivity contribution in [3.8, 4) is 5.75 Å². The molecule has 152 valence electrons. The highest BCUT2D eigenvalue weighted by Gasteiger charge is 2.30. The third kappa shape index (κ3) is 5.36. The number of hydrogen-bond acceptors (Lipinski definition) is 4. The molecule has 2 aromatic carbocycles. The van der Waals surface area contributed by atoms with Crippen LogP contribution in [0.3, 0.4) is 0 Å². The van der Waals surface area contributed by atoms with Crippen LogP contribution < -0.4 is 10.1 Å². The molecule has 0 aliphatic rings. The number of alkyl halides is 3. The first-order valence-electron chi connectivity index (χ1n) is 8.55. The molecule has 1 unspecified atom stereocenters. The molecule has 3 rings (SSSR count). The molecule has 9 heteroatoms. The Morgan fingerprint density at radius 2 is 1.86 bits per heavy atom. The SMILES string of the molecule is O=C(NCC(O)COc1ccc(C(F)(F)F)cc1)c1cc(Cl)nc2ccccc12. The van der Waals surface area contributed by atoms with Crippen molar-refractivity contribution >= 4 is 28.4 Å². The third-order valence-electron chi connectivity index (χ3n) is 4.05. The number of rotatable bonds is 6. The Bertz CT molecular complexity index is 1010. The van der Waals surface area contributed by atoms with Gasteiger partial charge in [0.25, 0.3) is 5.91 Å². The van der Waals surface area contributed by atoms with Gasteiger partial charge in [-0.15, -0.1) is 0 Å². The van der Waals surface area contributed by atoms with Crippen molar-refractivity contribution in [1.82, 2.24) is 10.3 Å². The monoisotopic (exact) mass is 424 g/mol. The van der Waals surface area contributed by atoms with Crippen LogP contribution in [-0.4, -0.2) is 35.3 Å². The van der Waals surface area contributed by atoms with E-state index in [-0.39, 0.29) is 24.1 Å². The van der Waals surface area contributed by atoms with Gasteiger partial charge in [-0.25, -0.2) is 4.98 Å². The van der Waals surface area contributed by atoms with Crippen LogP contribution in [0.2, 0.25) is 5.15 Å². The van der Waals surface area contributed by atoms with Crippen molar-refractivity contribution in [3.63, 3.8) is 0 Å². The quantitative estimate of drug-likeness (QED) is 0.585. The second kappa shape index (κ2) is 8.67. The molecule has 0 saturated heterocycles. The van der Waals surface area contributed by atoms with E-state index >= 15 is 0 Å². The van der Waals surface area contributed by atoms with Crippen LogP contribution in [0.4, 0.5) is 13.2 Å². The van der Waals surface area contributed by atoms with E-state index < -0.39 is 23.8 Å². The number of fused-ring (bicyclic) bond motifs is 1. The zero-order valence-electron chi connectivity index (χ0n) is 14.9. The van der Waals surface area contributed by atoms with Gasteiger partial charge in [-0.2, -0.15) is 13.2 Å². The highest BCUT2D eigenvalue weighted by molar-refractivity contribution is 6.30. The molecule has 3 aromatic rings. The van der Waals surface area contributed by atoms with Crippen LogP contribution in [0, 0.1) is 0 Å². The van der Waals surface area contributed by atoms with E-state index in [0.29, 0.717) is 16.5 Å². The number of halogens is 4. The topological polar surface area (TPSA) is 71.5 Å². The maximum absolute atomic E-state index is 12.5. The fraction of sp³-hybridized carbons (Fsp3) is 0.200. The summed E-state index contributed by atoms with van der Waals surface area (Å²) in [5.74, 6) is -0.269. The molecule has 2 N–H and O–H groups in total. The molecule has 1 heterocycles. The van der Waals surface area contributed by atoms with Gasteiger partial charge in [0.15, 0.2) is 0 Å². The van der Waals surface area contributed by atoms with Gasteiger partial charge in [-0.1, -0.05) is 29.8 Å². The number of nitrogens with one attached hydrogen (secondary N) is 1. The minimum atomic E-state index is -4.43. The normalized spacial score (nSPS) is 12.6. The predicted octanol–water partition coefficient (Wildman–Crippen LogP) is 4.08. The van der Waals surface area contributed by atoms with Crippen molar-refractivity contribution in [3.05, 3.63) is 70.9 Å². The number of hydrogen-bond donors (Lipinski definition) is 2. The first kappa shape index (κ1) is 20.9. The van der Waals surface area contributed by atoms with Gasteiger partial charge in [0.2, 0.25) is 0 Å². The lowest BCUT2D eigenvalue weighted by atomic mass is 10.1. The summed E-state index contributed by atoms with van der Waals surface area (Å²) >= 11 is 5.96. The Morgan fingerprint density at radius 3 is 2.55 bits per heavy atom. The average Bonchev–Trinajstić information content (AvgIpc) is 2.69. The van der Waals surface area contributed by atoms with Gasteiger partial charge in [-0.3, -0.25) is 4.79 Å². The summed E-state index contributed by atoms with van der Waals surface area (Å²) in [4.78, 5) is 16.6. The number of carbonyl (C=O) groups excluding carboxylic acids is 1. The van der Waals surface area contributed by atoms with E-state index in [2.05, 4.69) is 10.3 Å². The van der Waals surface area contributed by atoms with Gasteiger partial charge < -0.3 is 15.2 Å². The lowest BCUT2D eigenvalue weighted by Crippen LogP contribution is -2.35. The van der Waals surface area contributed by atoms with Gasteiger partial charge >= 0.3 is 6.18 Å². The number of aliphatic hydroxyl groups excluding tert-OH is 1. The summed E-state index contributed by atoms with van der Waals surface area (Å²) in [6, 6.07) is 12.5. The highest BCUT2D eigenvalue weighted by atomic mass is 35.5. The first-order chi connectivity index (χ1) is 13.7. The van der Waals surface area contributed by atoms with Crippen molar-refractivity contribution in [2.24, 2.45) is 0 Å². The standard InChI is InChI=1S/C20H16ClF3N2O3/c21-18-9-16(15-3-1-2-4-17(15)26-18)19(28)25-10-13(27)11-29-14-7-5-12(6-8-14)20(22,23)24/h1-9,13,27H,10-11H2,(H,25,28). The third-order valence-corrected chi connectivity index (χ3v) is 4.25. The number of carbonyl (C=O) groups is 1. The van der Waals surface area contributed by atoms with E-state index in [1.165, 1.54) is 18.2 Å². The van der Waals surface area contributed by atoms with Gasteiger partial charge in [-0.05, 0) is 36.4 Å². The molecule has 1 aromatic heterocycles. The number of aliphatic hydroxyl groups is 1. The minimum Gasteiger partial charge on any atom is -0.491 e. The molecule has 0 saturated carbocycles. The zero-order chi connectivity index (χ0) is 21.0. The van der Waals surface area contributed by atoms with Crippen LogP contribution in [0.1, 0.15) is 15.9 Å². The van der Waals surface area contributed by atoms with Gasteiger partial charge in [0, 0.05) is 11.9 Å². The molecule has 0 aliphatic carbocycles. The number of nitrogens with zero attached hydrogens (tertiary/aromatic N) is 1. The molecular formula is C20H16ClF3N2O3. The summed E-state index contributed by atoms with van der Waals surface area (Å²) < 4.78 is 42.9. The second-order valence-electron chi connectivity index (χ2n) is 6.21. The summed E-state index contributed by atoms with van der Waals surface area (Å²) in [6.07, 6.45) is -5.49. The van der Waals surface area contributed by atoms with Crippen LogP contribution in [0.25, 0.3) is 10.9 Å². The Labute approximate surface area is 169 Å². The number of aromatic nitrogens is 1. The number of pyridine rings is 1. The van der Waals surface area contributed by atoms with E-state index in [1.54, 1.807) is 24.3 Å². The number of para-hydroxylation sites is 1. The molecule has 1 atom stereocenters. The summed E-state index contributed by atoms with van der Waals surface area (Å²) in [6.45, 7) is -0.322. The van der Waals surface area contributed by atoms with E-state index in [0.717, 1.165) is 12.1 Å². The number of benzene rings is 2. The Kier molecular flexibility index (Phi) is 6.24. The molecule has 5 nitrogen and oxygen atoms in total. The molecule has 0 bridgehead atoms. The smallest absolute Gasteiger partial charge is 0.416 e. The Morgan fingerprint density at radius 1 is 1.17 bits per heavy atom. The predicted molar refractivity (Wildman–Crippen MR) is 102 cm³/mol. The van der Waals surface area contributed by atoms with Crippen molar-refractivity contribution in [1.29, 1.82) is 0 Å². The molecule has 0 fully saturated rings. The van der Waals surface area contributed by atoms with Crippen molar-refractivity contribution < 1.29 is 27.8 Å². The average molecular weight is 425 g/mol. The molecule has 0 spiro atoms. The van der Waals surface area contributed by atoms with E-state index in [4.69, 9.17) is 16.3 Å². The second-order valence-corrected chi connectivity index (χ2v) is 6.59. The summed E-state index contributed by atoms with van der Waals surface area (Å²) in [7, 11) is 0. The number of amides is 1. The van der Waals surface area contributed by atoms with Gasteiger partial charge in [0.1, 0.15) is 23.6 Å². The molecule has 0 aliphatic heterocycles. The van der Waals surface area contributed by atoms with E-state index in [1.807, 2.05) is 0 Å². The van der Waals surface area contributed by atoms with E-state index in [9.17, 15) is 23.1 Å². The maximum atomic E-state index is 12.5. The summed E-state index contributed by atoms with van der Waals surface area (Å²) in [5, 5.41) is 13.4. The molecule has 0 radical (unpaired) electrons. The van der Waals surface area contributed by atoms with Crippen molar-refractivity contribution in [2.75, 3.05) is 13.2 Å². The minimum absolute atomic E-state index is 0.117. The van der Waals surface area contributed by atoms with Crippen LogP contribution in [0.5, 0.6) is 5.75 Å². The lowest BCUT2D eigenvalue weighted by molar-refractivity contribution is -0.137. The van der Waals surface area contributed by atoms with Crippen LogP contribution in [-0.2, 0) is 6.18 Å². The zero-order valence-corrected chi connectivity index (χ0v) is 15.7. The molecule has 29 heavy (non-hydrogen) atoms. The Hall–Kier alpha value is -2.84. The fourth-order valence-electron chi connectivity index (χ4n) is 2.63. The first-order valence-corrected chi connectivity index (χ1v) is 8.93. The molecule has 1 amide bonds. The highest BCUT2D eigenvalue weighted by Crippen LogP contribution is 2.30. The van der Waals surface area contributed by atoms with Crippen LogP contribution >= 0.6 is 11.6 Å². The van der Waals surface area contributed by atoms with Crippen molar-refractivity contribution in [2.45, 2.75) is 12.3 Å². The van der Waals surface area contributed by atoms with Crippen LogP contribution in [0.15, 0.2) is 54.6 Å². The largest absolute Gasteiger partial charge is 0.491 e.